The first-order valence-corrected chi connectivity index (χ1v) is 7.19. The van der Waals surface area contributed by atoms with Crippen LogP contribution in [0.5, 0.6) is 0 Å². The van der Waals surface area contributed by atoms with E-state index in [9.17, 15) is 0 Å². The molecule has 0 bridgehead atoms. The third-order valence-corrected chi connectivity index (χ3v) is 3.66. The van der Waals surface area contributed by atoms with Crippen molar-refractivity contribution in [3.8, 4) is 10.6 Å². The molecule has 19 heavy (non-hydrogen) atoms. The third kappa shape index (κ3) is 3.94. The lowest BCUT2D eigenvalue weighted by atomic mass is 10.2. The fraction of sp³-hybridized carbons (Fsp3) is 0.133. The van der Waals surface area contributed by atoms with Crippen molar-refractivity contribution in [2.75, 3.05) is 12.4 Å². The van der Waals surface area contributed by atoms with Crippen molar-refractivity contribution in [3.05, 3.63) is 58.6 Å². The number of benzene rings is 1. The molecule has 2 rings (SSSR count). The average molecular weight is 291 g/mol. The first kappa shape index (κ1) is 13.8. The van der Waals surface area contributed by atoms with Gasteiger partial charge in [-0.3, -0.25) is 0 Å². The Morgan fingerprint density at radius 1 is 1.05 bits per heavy atom. The summed E-state index contributed by atoms with van der Waals surface area (Å²) in [5.74, 6) is 0. The van der Waals surface area contributed by atoms with Crippen molar-refractivity contribution >= 4 is 28.6 Å². The minimum atomic E-state index is 0.703. The summed E-state index contributed by atoms with van der Waals surface area (Å²) in [5, 5.41) is 6.73. The van der Waals surface area contributed by atoms with E-state index in [1.54, 1.807) is 11.3 Å². The van der Waals surface area contributed by atoms with Crippen molar-refractivity contribution in [1.29, 1.82) is 0 Å². The first-order valence-electron chi connectivity index (χ1n) is 5.93. The van der Waals surface area contributed by atoms with Crippen LogP contribution in [0, 0.1) is 6.92 Å². The number of hydrogen-bond acceptors (Lipinski definition) is 3. The zero-order valence-corrected chi connectivity index (χ0v) is 12.4. The Morgan fingerprint density at radius 2 is 1.79 bits per heavy atom. The number of aryl methyl sites for hydroxylation is 1. The van der Waals surface area contributed by atoms with Gasteiger partial charge < -0.3 is 5.32 Å². The van der Waals surface area contributed by atoms with Gasteiger partial charge in [0, 0.05) is 29.0 Å². The van der Waals surface area contributed by atoms with E-state index < -0.39 is 0 Å². The van der Waals surface area contributed by atoms with E-state index in [2.05, 4.69) is 22.4 Å². The predicted molar refractivity (Wildman–Crippen MR) is 84.5 cm³/mol. The Morgan fingerprint density at radius 3 is 2.47 bits per heavy atom. The Bertz CT molecular complexity index is 604. The zero-order chi connectivity index (χ0) is 13.7. The lowest BCUT2D eigenvalue weighted by molar-refractivity contribution is 1.24. The van der Waals surface area contributed by atoms with E-state index >= 15 is 0 Å². The molecular weight excluding hydrogens is 276 g/mol. The highest BCUT2D eigenvalue weighted by molar-refractivity contribution is 7.12. The number of halogens is 1. The maximum absolute atomic E-state index is 6.02. The molecule has 0 saturated heterocycles. The van der Waals surface area contributed by atoms with Crippen LogP contribution in [0.3, 0.4) is 0 Å². The minimum Gasteiger partial charge on any atom is -0.388 e. The van der Waals surface area contributed by atoms with Crippen LogP contribution in [-0.2, 0) is 0 Å². The molecule has 2 nitrogen and oxygen atoms in total. The average Bonchev–Trinajstić information content (AvgIpc) is 2.51. The molecule has 4 heteroatoms. The summed E-state index contributed by atoms with van der Waals surface area (Å²) in [7, 11) is 1.91. The second-order valence-electron chi connectivity index (χ2n) is 4.02. The molecule has 0 fully saturated rings. The summed E-state index contributed by atoms with van der Waals surface area (Å²) in [6, 6.07) is 13.8. The molecule has 0 atom stereocenters. The SMILES string of the molecule is CNc1ccc(-c2nc(C)ccc(Cl)ccs2)cc1. The molecule has 0 aliphatic carbocycles. The number of aromatic nitrogens is 1. The summed E-state index contributed by atoms with van der Waals surface area (Å²) >= 11 is 7.59. The topological polar surface area (TPSA) is 24.9 Å². The van der Waals surface area contributed by atoms with Gasteiger partial charge in [0.15, 0.2) is 0 Å². The van der Waals surface area contributed by atoms with Gasteiger partial charge in [-0.1, -0.05) is 11.6 Å². The highest BCUT2D eigenvalue weighted by Crippen LogP contribution is 2.22. The molecule has 98 valence electrons. The molecule has 0 spiro atoms. The van der Waals surface area contributed by atoms with E-state index in [-0.39, 0.29) is 0 Å². The molecule has 0 saturated carbocycles. The van der Waals surface area contributed by atoms with Gasteiger partial charge in [-0.2, -0.15) is 0 Å². The van der Waals surface area contributed by atoms with E-state index in [0.29, 0.717) is 5.02 Å². The Labute approximate surface area is 122 Å². The molecular formula is C15H15ClN2S. The van der Waals surface area contributed by atoms with Crippen LogP contribution in [0.15, 0.2) is 47.8 Å². The van der Waals surface area contributed by atoms with Crippen LogP contribution in [0.1, 0.15) is 5.69 Å². The third-order valence-electron chi connectivity index (χ3n) is 2.59. The van der Waals surface area contributed by atoms with Gasteiger partial charge in [-0.05, 0) is 54.8 Å². The predicted octanol–water partition coefficient (Wildman–Crippen LogP) is 4.94. The Hall–Kier alpha value is -1.58. The van der Waals surface area contributed by atoms with E-state index in [0.717, 1.165) is 22.0 Å². The number of anilines is 1. The van der Waals surface area contributed by atoms with Crippen LogP contribution >= 0.6 is 22.9 Å². The van der Waals surface area contributed by atoms with Crippen LogP contribution in [0.25, 0.3) is 10.6 Å². The number of nitrogens with zero attached hydrogens (tertiary/aromatic N) is 1. The smallest absolute Gasteiger partial charge is 0.123 e. The summed E-state index contributed by atoms with van der Waals surface area (Å²) in [4.78, 5) is 4.62. The van der Waals surface area contributed by atoms with Gasteiger partial charge in [0.1, 0.15) is 5.01 Å². The number of nitrogens with one attached hydrogen (secondary N) is 1. The van der Waals surface area contributed by atoms with E-state index in [1.807, 2.05) is 49.7 Å². The fourth-order valence-corrected chi connectivity index (χ4v) is 2.57. The normalized spacial score (nSPS) is 9.84. The summed E-state index contributed by atoms with van der Waals surface area (Å²) in [6.45, 7) is 1.97. The molecule has 0 radical (unpaired) electrons. The molecule has 1 aromatic carbocycles. The monoisotopic (exact) mass is 290 g/mol. The van der Waals surface area contributed by atoms with Crippen molar-refractivity contribution in [3.63, 3.8) is 0 Å². The van der Waals surface area contributed by atoms with Crippen LogP contribution < -0.4 is 5.32 Å². The summed E-state index contributed by atoms with van der Waals surface area (Å²) < 4.78 is 0. The van der Waals surface area contributed by atoms with Gasteiger partial charge in [-0.15, -0.1) is 11.3 Å². The second kappa shape index (κ2) is 6.55. The maximum atomic E-state index is 6.02. The van der Waals surface area contributed by atoms with Crippen molar-refractivity contribution in [1.82, 2.24) is 4.98 Å². The number of rotatable bonds is 2. The summed E-state index contributed by atoms with van der Waals surface area (Å²) in [6.07, 6.45) is 0. The van der Waals surface area contributed by atoms with Gasteiger partial charge in [0.05, 0.1) is 0 Å². The molecule has 0 aliphatic rings. The van der Waals surface area contributed by atoms with Crippen LogP contribution in [0.4, 0.5) is 5.69 Å². The first-order chi connectivity index (χ1) is 9.19. The Balaban J connectivity index is 2.51. The summed E-state index contributed by atoms with van der Waals surface area (Å²) in [5.41, 5.74) is 3.12. The zero-order valence-electron chi connectivity index (χ0n) is 10.9. The largest absolute Gasteiger partial charge is 0.388 e. The van der Waals surface area contributed by atoms with Crippen molar-refractivity contribution in [2.24, 2.45) is 0 Å². The highest BCUT2D eigenvalue weighted by Gasteiger charge is 1.98. The molecule has 2 aromatic rings. The van der Waals surface area contributed by atoms with Crippen molar-refractivity contribution in [2.45, 2.75) is 6.92 Å². The minimum absolute atomic E-state index is 0.703. The molecule has 1 N–H and O–H groups in total. The molecule has 0 unspecified atom stereocenters. The van der Waals surface area contributed by atoms with E-state index in [1.165, 1.54) is 0 Å². The van der Waals surface area contributed by atoms with Crippen molar-refractivity contribution < 1.29 is 0 Å². The van der Waals surface area contributed by atoms with Crippen LogP contribution in [-0.4, -0.2) is 12.0 Å². The lowest BCUT2D eigenvalue weighted by Gasteiger charge is -2.01. The molecule has 1 aromatic heterocycles. The fourth-order valence-electron chi connectivity index (χ4n) is 1.56. The quantitative estimate of drug-likeness (QED) is 0.847. The molecule has 0 amide bonds. The van der Waals surface area contributed by atoms with Gasteiger partial charge in [-0.25, -0.2) is 4.98 Å². The second-order valence-corrected chi connectivity index (χ2v) is 5.36. The highest BCUT2D eigenvalue weighted by atomic mass is 35.5. The molecule has 1 heterocycles. The lowest BCUT2D eigenvalue weighted by Crippen LogP contribution is -1.87. The Kier molecular flexibility index (Phi) is 4.77. The van der Waals surface area contributed by atoms with Gasteiger partial charge in [0.2, 0.25) is 0 Å². The molecule has 0 aliphatic heterocycles. The maximum Gasteiger partial charge on any atom is 0.123 e. The number of hydrogen-bond donors (Lipinski definition) is 1. The standard InChI is InChI=1S/C15H15ClN2S/c1-11-3-6-13(16)9-10-19-15(18-11)12-4-7-14(17-2)8-5-12/h3-10,17H,1-2H3. The van der Waals surface area contributed by atoms with Gasteiger partial charge >= 0.3 is 0 Å². The van der Waals surface area contributed by atoms with E-state index in [4.69, 9.17) is 11.6 Å². The van der Waals surface area contributed by atoms with Gasteiger partial charge in [0.25, 0.3) is 0 Å². The van der Waals surface area contributed by atoms with Crippen LogP contribution in [0.2, 0.25) is 5.02 Å².